The molecule has 26 heavy (non-hydrogen) atoms. The van der Waals surface area contributed by atoms with Crippen LogP contribution in [0.5, 0.6) is 5.75 Å². The Morgan fingerprint density at radius 3 is 2.15 bits per heavy atom. The van der Waals surface area contributed by atoms with Crippen LogP contribution in [0.15, 0.2) is 40.9 Å². The van der Waals surface area contributed by atoms with Gasteiger partial charge in [-0.1, -0.05) is 30.1 Å². The summed E-state index contributed by atoms with van der Waals surface area (Å²) in [6, 6.07) is 10.0. The summed E-state index contributed by atoms with van der Waals surface area (Å²) in [5.74, 6) is -0.0333. The van der Waals surface area contributed by atoms with E-state index in [2.05, 4.69) is 26.6 Å². The van der Waals surface area contributed by atoms with Crippen LogP contribution in [-0.4, -0.2) is 18.4 Å². The average molecular weight is 460 g/mol. The number of carbonyl (C=O) groups excluding carboxylic acids is 2. The first-order chi connectivity index (χ1) is 12.4. The fourth-order valence-corrected chi connectivity index (χ4v) is 3.46. The molecule has 2 amide bonds. The first kappa shape index (κ1) is 20.6. The summed E-state index contributed by atoms with van der Waals surface area (Å²) in [6.45, 7) is 1.73. The molecule has 2 aromatic carbocycles. The van der Waals surface area contributed by atoms with Crippen LogP contribution in [0.4, 0.5) is 11.4 Å². The Labute approximate surface area is 170 Å². The molecule has 0 aliphatic carbocycles. The Morgan fingerprint density at radius 1 is 1.04 bits per heavy atom. The third-order valence-electron chi connectivity index (χ3n) is 3.24. The van der Waals surface area contributed by atoms with E-state index in [0.717, 1.165) is 6.42 Å². The second-order valence-corrected chi connectivity index (χ2v) is 7.11. The maximum Gasteiger partial charge on any atom is 0.262 e. The number of nitrogens with one attached hydrogen (secondary N) is 2. The number of hydrogen-bond acceptors (Lipinski definition) is 3. The van der Waals surface area contributed by atoms with Gasteiger partial charge in [-0.2, -0.15) is 0 Å². The number of hydrogen-bond donors (Lipinski definition) is 2. The van der Waals surface area contributed by atoms with Crippen molar-refractivity contribution in [2.24, 2.45) is 0 Å². The van der Waals surface area contributed by atoms with Crippen molar-refractivity contribution in [2.75, 3.05) is 17.2 Å². The van der Waals surface area contributed by atoms with E-state index in [0.29, 0.717) is 38.1 Å². The van der Waals surface area contributed by atoms with Crippen LogP contribution in [0.2, 0.25) is 10.0 Å². The molecule has 0 bridgehead atoms. The van der Waals surface area contributed by atoms with Crippen LogP contribution < -0.4 is 15.4 Å². The number of benzene rings is 2. The molecule has 2 N–H and O–H groups in total. The van der Waals surface area contributed by atoms with Gasteiger partial charge in [-0.3, -0.25) is 9.59 Å². The molecule has 5 nitrogen and oxygen atoms in total. The van der Waals surface area contributed by atoms with Crippen LogP contribution >= 0.6 is 39.1 Å². The molecule has 0 saturated carbocycles. The highest BCUT2D eigenvalue weighted by Gasteiger charge is 2.11. The van der Waals surface area contributed by atoms with E-state index < -0.39 is 0 Å². The zero-order valence-corrected chi connectivity index (χ0v) is 17.0. The van der Waals surface area contributed by atoms with Gasteiger partial charge in [0, 0.05) is 22.8 Å². The Morgan fingerprint density at radius 2 is 1.62 bits per heavy atom. The van der Waals surface area contributed by atoms with Gasteiger partial charge in [0.05, 0.1) is 9.50 Å². The molecule has 2 aromatic rings. The maximum atomic E-state index is 12.0. The first-order valence-corrected chi connectivity index (χ1v) is 9.41. The van der Waals surface area contributed by atoms with E-state index in [-0.39, 0.29) is 18.4 Å². The van der Waals surface area contributed by atoms with Gasteiger partial charge in [-0.15, -0.1) is 0 Å². The molecule has 8 heteroatoms. The smallest absolute Gasteiger partial charge is 0.262 e. The van der Waals surface area contributed by atoms with Gasteiger partial charge in [-0.05, 0) is 58.7 Å². The van der Waals surface area contributed by atoms with E-state index in [1.807, 2.05) is 6.92 Å². The zero-order chi connectivity index (χ0) is 19.1. The second-order valence-electron chi connectivity index (χ2n) is 5.41. The van der Waals surface area contributed by atoms with Crippen LogP contribution in [0.3, 0.4) is 0 Å². The third kappa shape index (κ3) is 6.20. The van der Waals surface area contributed by atoms with E-state index >= 15 is 0 Å². The maximum absolute atomic E-state index is 12.0. The molecule has 0 fully saturated rings. The summed E-state index contributed by atoms with van der Waals surface area (Å²) in [5, 5.41) is 6.26. The minimum Gasteiger partial charge on any atom is -0.481 e. The highest BCUT2D eigenvalue weighted by atomic mass is 79.9. The molecule has 0 aliphatic heterocycles. The highest BCUT2D eigenvalue weighted by molar-refractivity contribution is 9.10. The number of ether oxygens (including phenoxy) is 1. The summed E-state index contributed by atoms with van der Waals surface area (Å²) < 4.78 is 6.02. The number of rotatable bonds is 7. The summed E-state index contributed by atoms with van der Waals surface area (Å²) in [5.41, 5.74) is 1.27. The molecule has 0 unspecified atom stereocenters. The summed E-state index contributed by atoms with van der Waals surface area (Å²) in [6.07, 6.45) is 1.26. The van der Waals surface area contributed by atoms with Crippen molar-refractivity contribution in [1.29, 1.82) is 0 Å². The number of halogens is 3. The van der Waals surface area contributed by atoms with E-state index in [1.54, 1.807) is 30.3 Å². The molecule has 0 aliphatic rings. The molecule has 138 valence electrons. The lowest BCUT2D eigenvalue weighted by Gasteiger charge is -2.11. The molecule has 2 rings (SSSR count). The zero-order valence-electron chi connectivity index (χ0n) is 13.9. The second kappa shape index (κ2) is 9.80. The van der Waals surface area contributed by atoms with Gasteiger partial charge < -0.3 is 15.4 Å². The van der Waals surface area contributed by atoms with Gasteiger partial charge in [0.1, 0.15) is 0 Å². The van der Waals surface area contributed by atoms with E-state index in [4.69, 9.17) is 27.9 Å². The lowest BCUT2D eigenvalue weighted by atomic mass is 10.2. The monoisotopic (exact) mass is 458 g/mol. The molecular weight excluding hydrogens is 443 g/mol. The predicted molar refractivity (Wildman–Crippen MR) is 108 cm³/mol. The highest BCUT2D eigenvalue weighted by Crippen LogP contribution is 2.36. The van der Waals surface area contributed by atoms with Gasteiger partial charge in [-0.25, -0.2) is 0 Å². The third-order valence-corrected chi connectivity index (χ3v) is 4.33. The largest absolute Gasteiger partial charge is 0.481 e. The van der Waals surface area contributed by atoms with Gasteiger partial charge in [0.15, 0.2) is 12.4 Å². The summed E-state index contributed by atoms with van der Waals surface area (Å²) >= 11 is 15.2. The van der Waals surface area contributed by atoms with Crippen LogP contribution in [0, 0.1) is 0 Å². The Balaban J connectivity index is 1.89. The molecule has 0 atom stereocenters. The van der Waals surface area contributed by atoms with Gasteiger partial charge in [0.25, 0.3) is 5.91 Å². The van der Waals surface area contributed by atoms with Crippen molar-refractivity contribution in [3.05, 3.63) is 50.9 Å². The number of anilines is 2. The molecular formula is C18H17BrCl2N2O3. The molecule has 0 radical (unpaired) electrons. The summed E-state index contributed by atoms with van der Waals surface area (Å²) in [7, 11) is 0. The quantitative estimate of drug-likeness (QED) is 0.573. The van der Waals surface area contributed by atoms with Gasteiger partial charge >= 0.3 is 0 Å². The first-order valence-electron chi connectivity index (χ1n) is 7.86. The number of amides is 2. The Bertz CT molecular complexity index is 775. The van der Waals surface area contributed by atoms with E-state index in [9.17, 15) is 9.59 Å². The summed E-state index contributed by atoms with van der Waals surface area (Å²) in [4.78, 5) is 23.6. The lowest BCUT2D eigenvalue weighted by Crippen LogP contribution is -2.20. The van der Waals surface area contributed by atoms with Crippen LogP contribution in [-0.2, 0) is 9.59 Å². The van der Waals surface area contributed by atoms with Crippen molar-refractivity contribution in [2.45, 2.75) is 19.8 Å². The lowest BCUT2D eigenvalue weighted by molar-refractivity contribution is -0.118. The standard InChI is InChI=1S/C18H17BrCl2N2O3/c1-2-3-16(24)22-12-4-6-13(7-5-12)23-17(25)10-26-18-14(19)8-11(20)9-15(18)21/h4-9H,2-3,10H2,1H3,(H,22,24)(H,23,25). The van der Waals surface area contributed by atoms with Crippen molar-refractivity contribution in [1.82, 2.24) is 0 Å². The topological polar surface area (TPSA) is 67.4 Å². The molecule has 0 heterocycles. The van der Waals surface area contributed by atoms with Crippen molar-refractivity contribution in [3.8, 4) is 5.75 Å². The fraction of sp³-hybridized carbons (Fsp3) is 0.222. The minimum absolute atomic E-state index is 0.0388. The van der Waals surface area contributed by atoms with Crippen LogP contribution in [0.25, 0.3) is 0 Å². The molecule has 0 aromatic heterocycles. The normalized spacial score (nSPS) is 10.3. The van der Waals surface area contributed by atoms with Crippen molar-refractivity contribution in [3.63, 3.8) is 0 Å². The Hall–Kier alpha value is -1.76. The fourth-order valence-electron chi connectivity index (χ4n) is 2.09. The van der Waals surface area contributed by atoms with Crippen molar-refractivity contribution >= 4 is 62.3 Å². The molecule has 0 saturated heterocycles. The predicted octanol–water partition coefficient (Wildman–Crippen LogP) is 5.51. The minimum atomic E-state index is -0.342. The van der Waals surface area contributed by atoms with Crippen molar-refractivity contribution < 1.29 is 14.3 Å². The van der Waals surface area contributed by atoms with E-state index in [1.165, 1.54) is 6.07 Å². The Kier molecular flexibility index (Phi) is 7.75. The van der Waals surface area contributed by atoms with Gasteiger partial charge in [0.2, 0.25) is 5.91 Å². The van der Waals surface area contributed by atoms with Crippen LogP contribution in [0.1, 0.15) is 19.8 Å². The average Bonchev–Trinajstić information content (AvgIpc) is 2.56. The SMILES string of the molecule is CCCC(=O)Nc1ccc(NC(=O)COc2c(Cl)cc(Cl)cc2Br)cc1. The molecule has 0 spiro atoms. The number of carbonyl (C=O) groups is 2.